The first-order chi connectivity index (χ1) is 19.0. The van der Waals surface area contributed by atoms with Gasteiger partial charge in [-0.2, -0.15) is 5.10 Å². The second kappa shape index (κ2) is 10.7. The molecule has 1 saturated carbocycles. The van der Waals surface area contributed by atoms with Crippen LogP contribution in [-0.4, -0.2) is 91.6 Å². The van der Waals surface area contributed by atoms with Crippen molar-refractivity contribution < 1.29 is 19.1 Å². The Bertz CT molecular complexity index is 1480. The van der Waals surface area contributed by atoms with Crippen LogP contribution >= 0.6 is 0 Å². The van der Waals surface area contributed by atoms with Crippen molar-refractivity contribution in [1.82, 2.24) is 30.2 Å². The number of likely N-dealkylation sites (tertiary alicyclic amines) is 1. The molecule has 3 heterocycles. The second-order valence-electron chi connectivity index (χ2n) is 11.2. The highest BCUT2D eigenvalue weighted by Crippen LogP contribution is 2.38. The molecule has 2 aromatic heterocycles. The summed E-state index contributed by atoms with van der Waals surface area (Å²) in [5.74, 6) is 0.0859. The van der Waals surface area contributed by atoms with Gasteiger partial charge in [0, 0.05) is 37.7 Å². The number of benzene rings is 1. The van der Waals surface area contributed by atoms with E-state index in [1.807, 2.05) is 35.7 Å². The number of nitrogens with zero attached hydrogens (tertiary/aromatic N) is 5. The Labute approximate surface area is 234 Å². The normalized spacial score (nSPS) is 14.7. The number of aromatic nitrogens is 4. The van der Waals surface area contributed by atoms with Crippen molar-refractivity contribution in [2.75, 3.05) is 30.8 Å². The van der Waals surface area contributed by atoms with E-state index < -0.39 is 11.1 Å². The molecule has 0 bridgehead atoms. The molecular formula is C25H31B3N8O4. The zero-order valence-electron chi connectivity index (χ0n) is 23.4. The second-order valence-corrected chi connectivity index (χ2v) is 11.2. The van der Waals surface area contributed by atoms with E-state index in [1.54, 1.807) is 41.9 Å². The summed E-state index contributed by atoms with van der Waals surface area (Å²) < 4.78 is 7.37. The van der Waals surface area contributed by atoms with E-state index in [1.165, 1.54) is 0 Å². The standard InChI is InChI=1S/C25H31B3N8O4/c1-35-18(24(39)36-9-4-10-36)11-16(34-35)14-5-3-6-15(21(14)40-2)29-17-12-19(30-22(37)13-7-8-13)32-33-20(17)23(38)31-25(26,27)28/h3,5-6,11-13H,4,7-10,26-28H2,1-2H3,(H,31,38)(H2,29,30,32,37). The Morgan fingerprint density at radius 2 is 1.82 bits per heavy atom. The van der Waals surface area contributed by atoms with E-state index >= 15 is 0 Å². The summed E-state index contributed by atoms with van der Waals surface area (Å²) in [4.78, 5) is 40.1. The maximum Gasteiger partial charge on any atom is 0.272 e. The van der Waals surface area contributed by atoms with Gasteiger partial charge in [0.15, 0.2) is 17.3 Å². The molecule has 3 aromatic rings. The Hall–Kier alpha value is -4.29. The molecule has 3 amide bonds. The van der Waals surface area contributed by atoms with E-state index in [9.17, 15) is 14.4 Å². The van der Waals surface area contributed by atoms with E-state index in [-0.39, 0.29) is 29.2 Å². The monoisotopic (exact) mass is 540 g/mol. The van der Waals surface area contributed by atoms with Gasteiger partial charge in [0.1, 0.15) is 29.2 Å². The molecule has 0 atom stereocenters. The summed E-state index contributed by atoms with van der Waals surface area (Å²) in [5.41, 5.74) is 2.67. The van der Waals surface area contributed by atoms with Gasteiger partial charge in [-0.1, -0.05) is 6.07 Å². The van der Waals surface area contributed by atoms with Crippen LogP contribution in [0.15, 0.2) is 30.3 Å². The SMILES string of the molecule is BC(B)(B)NC(=O)c1nnc(NC(=O)C2CC2)cc1Nc1cccc(-c2cc(C(=O)N3CCC3)n(C)n2)c1OC. The Morgan fingerprint density at radius 3 is 2.45 bits per heavy atom. The number of ether oxygens (including phenoxy) is 1. The van der Waals surface area contributed by atoms with Gasteiger partial charge in [-0.3, -0.25) is 19.1 Å². The first-order valence-electron chi connectivity index (χ1n) is 13.3. The molecule has 204 valence electrons. The van der Waals surface area contributed by atoms with Gasteiger partial charge in [-0.25, -0.2) is 0 Å². The highest BCUT2D eigenvalue weighted by atomic mass is 16.5. The van der Waals surface area contributed by atoms with Crippen LogP contribution in [0.2, 0.25) is 0 Å². The molecule has 0 unspecified atom stereocenters. The number of methoxy groups -OCH3 is 1. The van der Waals surface area contributed by atoms with Crippen molar-refractivity contribution in [3.63, 3.8) is 0 Å². The molecule has 5 rings (SSSR count). The highest BCUT2D eigenvalue weighted by Gasteiger charge is 2.31. The average Bonchev–Trinajstić information content (AvgIpc) is 3.63. The fourth-order valence-electron chi connectivity index (χ4n) is 4.37. The van der Waals surface area contributed by atoms with Crippen LogP contribution in [0, 0.1) is 5.92 Å². The fraction of sp³-hybridized carbons (Fsp3) is 0.360. The van der Waals surface area contributed by atoms with Crippen molar-refractivity contribution in [2.24, 2.45) is 13.0 Å². The van der Waals surface area contributed by atoms with Crippen LogP contribution in [0.4, 0.5) is 17.2 Å². The molecule has 1 saturated heterocycles. The number of amides is 3. The summed E-state index contributed by atoms with van der Waals surface area (Å²) in [5, 5.41) is 21.3. The first kappa shape index (κ1) is 27.3. The summed E-state index contributed by atoms with van der Waals surface area (Å²) >= 11 is 0. The van der Waals surface area contributed by atoms with Crippen LogP contribution in [0.25, 0.3) is 11.3 Å². The first-order valence-corrected chi connectivity index (χ1v) is 13.3. The van der Waals surface area contributed by atoms with Gasteiger partial charge in [0.2, 0.25) is 5.91 Å². The average molecular weight is 540 g/mol. The lowest BCUT2D eigenvalue weighted by Gasteiger charge is -2.30. The molecule has 15 heteroatoms. The maximum atomic E-state index is 13.1. The minimum atomic E-state index is -0.503. The molecule has 1 aliphatic heterocycles. The summed E-state index contributed by atoms with van der Waals surface area (Å²) in [7, 11) is 8.89. The number of nitrogens with one attached hydrogen (secondary N) is 3. The van der Waals surface area contributed by atoms with E-state index in [0.717, 1.165) is 32.4 Å². The summed E-state index contributed by atoms with van der Waals surface area (Å²) in [6, 6.07) is 8.81. The lowest BCUT2D eigenvalue weighted by molar-refractivity contribution is -0.117. The molecule has 1 aromatic carbocycles. The van der Waals surface area contributed by atoms with Crippen LogP contribution < -0.4 is 20.7 Å². The molecular weight excluding hydrogens is 509 g/mol. The fourth-order valence-corrected chi connectivity index (χ4v) is 4.37. The van der Waals surface area contributed by atoms with E-state index in [2.05, 4.69) is 31.2 Å². The van der Waals surface area contributed by atoms with Crippen LogP contribution in [-0.2, 0) is 11.8 Å². The molecule has 1 aliphatic carbocycles. The van der Waals surface area contributed by atoms with Gasteiger partial charge >= 0.3 is 0 Å². The van der Waals surface area contributed by atoms with Gasteiger partial charge in [-0.15, -0.1) is 10.2 Å². The van der Waals surface area contributed by atoms with Gasteiger partial charge in [0.05, 0.1) is 24.2 Å². The Morgan fingerprint density at radius 1 is 1.07 bits per heavy atom. The molecule has 40 heavy (non-hydrogen) atoms. The topological polar surface area (TPSA) is 143 Å². The van der Waals surface area contributed by atoms with Gasteiger partial charge < -0.3 is 25.6 Å². The third-order valence-electron chi connectivity index (χ3n) is 6.70. The quantitative estimate of drug-likeness (QED) is 0.296. The zero-order valence-corrected chi connectivity index (χ0v) is 23.4. The summed E-state index contributed by atoms with van der Waals surface area (Å²) in [6.45, 7) is 1.49. The van der Waals surface area contributed by atoms with Crippen molar-refractivity contribution in [3.05, 3.63) is 41.7 Å². The maximum absolute atomic E-state index is 13.1. The lowest BCUT2D eigenvalue weighted by atomic mass is 9.49. The van der Waals surface area contributed by atoms with Gasteiger partial charge in [-0.05, 0) is 42.7 Å². The molecule has 3 N–H and O–H groups in total. The third-order valence-corrected chi connectivity index (χ3v) is 6.70. The lowest BCUT2D eigenvalue weighted by Crippen LogP contribution is -2.50. The minimum Gasteiger partial charge on any atom is -0.494 e. The van der Waals surface area contributed by atoms with Crippen molar-refractivity contribution in [2.45, 2.75) is 24.5 Å². The number of carbonyl (C=O) groups excluding carboxylic acids is 3. The number of carbonyl (C=O) groups is 3. The van der Waals surface area contributed by atoms with Crippen LogP contribution in [0.1, 0.15) is 40.2 Å². The number of para-hydroxylation sites is 1. The van der Waals surface area contributed by atoms with Crippen molar-refractivity contribution in [1.29, 1.82) is 0 Å². The van der Waals surface area contributed by atoms with Crippen molar-refractivity contribution in [3.8, 4) is 17.0 Å². The van der Waals surface area contributed by atoms with E-state index in [4.69, 9.17) is 4.74 Å². The molecule has 2 fully saturated rings. The highest BCUT2D eigenvalue weighted by molar-refractivity contribution is 6.60. The Balaban J connectivity index is 1.50. The predicted molar refractivity (Wildman–Crippen MR) is 158 cm³/mol. The van der Waals surface area contributed by atoms with Crippen molar-refractivity contribution >= 4 is 58.5 Å². The van der Waals surface area contributed by atoms with Gasteiger partial charge in [0.25, 0.3) is 11.8 Å². The number of hydrogen-bond acceptors (Lipinski definition) is 8. The van der Waals surface area contributed by atoms with E-state index in [0.29, 0.717) is 34.1 Å². The smallest absolute Gasteiger partial charge is 0.272 e. The van der Waals surface area contributed by atoms with Crippen LogP contribution in [0.5, 0.6) is 5.75 Å². The molecule has 12 nitrogen and oxygen atoms in total. The number of rotatable bonds is 9. The largest absolute Gasteiger partial charge is 0.494 e. The Kier molecular flexibility index (Phi) is 7.30. The third kappa shape index (κ3) is 5.82. The summed E-state index contributed by atoms with van der Waals surface area (Å²) in [6.07, 6.45) is 2.70. The molecule has 2 aliphatic rings. The number of hydrogen-bond donors (Lipinski definition) is 3. The zero-order chi connectivity index (χ0) is 28.6. The molecule has 0 radical (unpaired) electrons. The number of anilines is 3. The van der Waals surface area contributed by atoms with Crippen LogP contribution in [0.3, 0.4) is 0 Å². The molecule has 0 spiro atoms. The number of aryl methyl sites for hydroxylation is 1. The predicted octanol–water partition coefficient (Wildman–Crippen LogP) is -0.936. The minimum absolute atomic E-state index is 0.0184.